The predicted molar refractivity (Wildman–Crippen MR) is 82.5 cm³/mol. The maximum absolute atomic E-state index is 11.8. The van der Waals surface area contributed by atoms with Gasteiger partial charge in [0.1, 0.15) is 6.10 Å². The van der Waals surface area contributed by atoms with Crippen LogP contribution in [0, 0.1) is 0 Å². The first-order chi connectivity index (χ1) is 9.15. The minimum absolute atomic E-state index is 0.0157. The molecule has 1 aromatic rings. The van der Waals surface area contributed by atoms with E-state index in [1.807, 2.05) is 31.2 Å². The van der Waals surface area contributed by atoms with Gasteiger partial charge in [-0.1, -0.05) is 42.6 Å². The van der Waals surface area contributed by atoms with E-state index in [-0.39, 0.29) is 12.2 Å². The predicted octanol–water partition coefficient (Wildman–Crippen LogP) is 5.36. The Kier molecular flexibility index (Phi) is 7.56. The van der Waals surface area contributed by atoms with E-state index < -0.39 is 0 Å². The van der Waals surface area contributed by atoms with Crippen LogP contribution >= 0.6 is 15.9 Å². The van der Waals surface area contributed by atoms with Crippen LogP contribution in [0.3, 0.4) is 0 Å². The van der Waals surface area contributed by atoms with Crippen LogP contribution in [0.15, 0.2) is 28.7 Å². The number of amides is 1. The second kappa shape index (κ2) is 8.97. The van der Waals surface area contributed by atoms with Crippen molar-refractivity contribution in [1.82, 2.24) is 0 Å². The molecule has 0 aromatic heterocycles. The lowest BCUT2D eigenvalue weighted by atomic mass is 10.1. The fourth-order valence-electron chi connectivity index (χ4n) is 1.80. The molecule has 106 valence electrons. The second-order valence-electron chi connectivity index (χ2n) is 4.56. The smallest absolute Gasteiger partial charge is 0.411 e. The Morgan fingerprint density at radius 2 is 1.95 bits per heavy atom. The molecule has 0 spiro atoms. The molecule has 1 N–H and O–H groups in total. The third-order valence-electron chi connectivity index (χ3n) is 2.95. The van der Waals surface area contributed by atoms with Crippen LogP contribution < -0.4 is 5.32 Å². The van der Waals surface area contributed by atoms with Crippen molar-refractivity contribution >= 4 is 27.7 Å². The first-order valence-electron chi connectivity index (χ1n) is 6.89. The molecule has 0 saturated carbocycles. The highest BCUT2D eigenvalue weighted by molar-refractivity contribution is 9.10. The van der Waals surface area contributed by atoms with Crippen molar-refractivity contribution in [1.29, 1.82) is 0 Å². The minimum Gasteiger partial charge on any atom is -0.446 e. The highest BCUT2D eigenvalue weighted by Gasteiger charge is 2.12. The maximum atomic E-state index is 11.8. The van der Waals surface area contributed by atoms with Gasteiger partial charge in [0.25, 0.3) is 0 Å². The number of ether oxygens (including phenoxy) is 1. The lowest BCUT2D eigenvalue weighted by Crippen LogP contribution is -2.22. The summed E-state index contributed by atoms with van der Waals surface area (Å²) < 4.78 is 6.40. The van der Waals surface area contributed by atoms with E-state index in [1.165, 1.54) is 12.8 Å². The molecule has 0 saturated heterocycles. The molecule has 4 heteroatoms. The molecule has 1 rings (SSSR count). The van der Waals surface area contributed by atoms with E-state index >= 15 is 0 Å². The van der Waals surface area contributed by atoms with Crippen molar-refractivity contribution in [2.75, 3.05) is 5.32 Å². The summed E-state index contributed by atoms with van der Waals surface area (Å²) in [6.07, 6.45) is 4.93. The summed E-state index contributed by atoms with van der Waals surface area (Å²) in [6, 6.07) is 7.44. The summed E-state index contributed by atoms with van der Waals surface area (Å²) in [5.74, 6) is 0. The van der Waals surface area contributed by atoms with Gasteiger partial charge in [0, 0.05) is 10.2 Å². The summed E-state index contributed by atoms with van der Waals surface area (Å²) in [7, 11) is 0. The molecule has 0 aliphatic carbocycles. The number of hydrogen-bond donors (Lipinski definition) is 1. The number of anilines is 1. The van der Waals surface area contributed by atoms with E-state index in [9.17, 15) is 4.79 Å². The Labute approximate surface area is 123 Å². The molecule has 0 bridgehead atoms. The van der Waals surface area contributed by atoms with Gasteiger partial charge in [-0.15, -0.1) is 0 Å². The number of hydrogen-bond acceptors (Lipinski definition) is 2. The monoisotopic (exact) mass is 327 g/mol. The van der Waals surface area contributed by atoms with Crippen LogP contribution in [0.25, 0.3) is 0 Å². The van der Waals surface area contributed by atoms with E-state index in [0.29, 0.717) is 0 Å². The molecule has 0 radical (unpaired) electrons. The summed E-state index contributed by atoms with van der Waals surface area (Å²) in [4.78, 5) is 11.8. The van der Waals surface area contributed by atoms with Crippen LogP contribution in [0.1, 0.15) is 46.0 Å². The van der Waals surface area contributed by atoms with Gasteiger partial charge < -0.3 is 4.74 Å². The first kappa shape index (κ1) is 16.0. The van der Waals surface area contributed by atoms with Crippen molar-refractivity contribution in [3.63, 3.8) is 0 Å². The lowest BCUT2D eigenvalue weighted by molar-refractivity contribution is 0.101. The molecule has 19 heavy (non-hydrogen) atoms. The fraction of sp³-hybridized carbons (Fsp3) is 0.533. The molecule has 0 fully saturated rings. The van der Waals surface area contributed by atoms with E-state index in [1.54, 1.807) is 0 Å². The summed E-state index contributed by atoms with van der Waals surface area (Å²) in [6.45, 7) is 4.21. The average molecular weight is 328 g/mol. The van der Waals surface area contributed by atoms with Crippen LogP contribution in [-0.2, 0) is 4.74 Å². The number of unbranched alkanes of at least 4 members (excludes halogenated alkanes) is 2. The molecule has 3 nitrogen and oxygen atoms in total. The Morgan fingerprint density at radius 1 is 1.26 bits per heavy atom. The standard InChI is InChI=1S/C15H22BrNO2/c1-3-5-6-7-14(4-2)19-15(18)17-13-10-8-12(16)9-11-13/h8-11,14H,3-7H2,1-2H3,(H,17,18). The average Bonchev–Trinajstić information content (AvgIpc) is 2.40. The Bertz CT molecular complexity index is 378. The molecule has 0 aliphatic heterocycles. The highest BCUT2D eigenvalue weighted by atomic mass is 79.9. The number of rotatable bonds is 7. The molecule has 0 heterocycles. The molecule has 1 aromatic carbocycles. The third-order valence-corrected chi connectivity index (χ3v) is 3.48. The lowest BCUT2D eigenvalue weighted by Gasteiger charge is -2.16. The Hall–Kier alpha value is -1.03. The number of halogens is 1. The van der Waals surface area contributed by atoms with Crippen molar-refractivity contribution < 1.29 is 9.53 Å². The Balaban J connectivity index is 2.37. The van der Waals surface area contributed by atoms with Crippen molar-refractivity contribution in [3.05, 3.63) is 28.7 Å². The molecule has 1 atom stereocenters. The molecule has 1 unspecified atom stereocenters. The second-order valence-corrected chi connectivity index (χ2v) is 5.48. The van der Waals surface area contributed by atoms with E-state index in [0.717, 1.165) is 29.4 Å². The quantitative estimate of drug-likeness (QED) is 0.685. The van der Waals surface area contributed by atoms with Gasteiger partial charge in [0.15, 0.2) is 0 Å². The minimum atomic E-state index is -0.370. The normalized spacial score (nSPS) is 11.9. The van der Waals surface area contributed by atoms with Gasteiger partial charge >= 0.3 is 6.09 Å². The number of benzene rings is 1. The van der Waals surface area contributed by atoms with E-state index in [2.05, 4.69) is 28.2 Å². The van der Waals surface area contributed by atoms with Crippen molar-refractivity contribution in [2.45, 2.75) is 52.1 Å². The van der Waals surface area contributed by atoms with Crippen LogP contribution in [0.2, 0.25) is 0 Å². The van der Waals surface area contributed by atoms with Crippen molar-refractivity contribution in [2.24, 2.45) is 0 Å². The zero-order valence-corrected chi connectivity index (χ0v) is 13.2. The molecular formula is C15H22BrNO2. The number of carbonyl (C=O) groups excluding carboxylic acids is 1. The van der Waals surface area contributed by atoms with E-state index in [4.69, 9.17) is 4.74 Å². The fourth-order valence-corrected chi connectivity index (χ4v) is 2.06. The van der Waals surface area contributed by atoms with Gasteiger partial charge in [-0.25, -0.2) is 4.79 Å². The summed E-state index contributed by atoms with van der Waals surface area (Å²) >= 11 is 3.35. The first-order valence-corrected chi connectivity index (χ1v) is 7.68. The summed E-state index contributed by atoms with van der Waals surface area (Å²) in [5, 5.41) is 2.74. The van der Waals surface area contributed by atoms with Gasteiger partial charge in [-0.2, -0.15) is 0 Å². The van der Waals surface area contributed by atoms with Crippen molar-refractivity contribution in [3.8, 4) is 0 Å². The van der Waals surface area contributed by atoms with Crippen LogP contribution in [0.5, 0.6) is 0 Å². The number of nitrogens with one attached hydrogen (secondary N) is 1. The number of carbonyl (C=O) groups is 1. The van der Waals surface area contributed by atoms with Gasteiger partial charge in [-0.05, 0) is 43.5 Å². The topological polar surface area (TPSA) is 38.3 Å². The Morgan fingerprint density at radius 3 is 2.53 bits per heavy atom. The van der Waals surface area contributed by atoms with Crippen LogP contribution in [0.4, 0.5) is 10.5 Å². The summed E-state index contributed by atoms with van der Waals surface area (Å²) in [5.41, 5.74) is 0.747. The largest absolute Gasteiger partial charge is 0.446 e. The van der Waals surface area contributed by atoms with Gasteiger partial charge in [-0.3, -0.25) is 5.32 Å². The third kappa shape index (κ3) is 6.62. The molecule has 0 aliphatic rings. The maximum Gasteiger partial charge on any atom is 0.411 e. The van der Waals surface area contributed by atoms with Gasteiger partial charge in [0.2, 0.25) is 0 Å². The molecular weight excluding hydrogens is 306 g/mol. The zero-order chi connectivity index (χ0) is 14.1. The zero-order valence-electron chi connectivity index (χ0n) is 11.6. The SMILES string of the molecule is CCCCCC(CC)OC(=O)Nc1ccc(Br)cc1. The van der Waals surface area contributed by atoms with Crippen LogP contribution in [-0.4, -0.2) is 12.2 Å². The molecule has 1 amide bonds. The highest BCUT2D eigenvalue weighted by Crippen LogP contribution is 2.15. The van der Waals surface area contributed by atoms with Gasteiger partial charge in [0.05, 0.1) is 0 Å².